The number of hydrogen-bond acceptors (Lipinski definition) is 6. The molecule has 16 heteroatoms. The van der Waals surface area contributed by atoms with Crippen LogP contribution >= 0.6 is 15.9 Å². The molecule has 1 aromatic carbocycles. The fourth-order valence-corrected chi connectivity index (χ4v) is 5.04. The lowest BCUT2D eigenvalue weighted by Gasteiger charge is -2.22. The molecule has 3 aromatic rings. The van der Waals surface area contributed by atoms with Crippen molar-refractivity contribution < 1.29 is 40.6 Å². The molecule has 0 saturated carbocycles. The van der Waals surface area contributed by atoms with Crippen LogP contribution in [0.4, 0.5) is 26.3 Å². The van der Waals surface area contributed by atoms with E-state index in [9.17, 15) is 35.9 Å². The van der Waals surface area contributed by atoms with Crippen LogP contribution in [0.5, 0.6) is 5.75 Å². The number of ether oxygens (including phenoxy) is 3. The molecule has 0 aliphatic carbocycles. The maximum absolute atomic E-state index is 14.0. The van der Waals surface area contributed by atoms with E-state index in [-0.39, 0.29) is 35.9 Å². The van der Waals surface area contributed by atoms with Gasteiger partial charge in [0, 0.05) is 27.4 Å². The normalized spacial score (nSPS) is 13.2. The SMILES string of the molecule is C[Si](C)(C)CCOCn1ncc(OC(CCCn2ccc3cc(Br)c(F)cc3c2=O)COC(F)F)c(C(F)(F)F)c1=O. The fraction of sp³-hybridized carbons (Fsp3) is 0.500. The maximum atomic E-state index is 14.0. The van der Waals surface area contributed by atoms with Crippen LogP contribution < -0.4 is 15.9 Å². The van der Waals surface area contributed by atoms with E-state index in [1.807, 2.05) is 0 Å². The summed E-state index contributed by atoms with van der Waals surface area (Å²) in [4.78, 5) is 25.5. The van der Waals surface area contributed by atoms with E-state index in [1.165, 1.54) is 16.8 Å². The van der Waals surface area contributed by atoms with Crippen molar-refractivity contribution in [3.63, 3.8) is 0 Å². The minimum Gasteiger partial charge on any atom is -0.485 e. The average molecular weight is 687 g/mol. The number of fused-ring (bicyclic) bond motifs is 1. The zero-order chi connectivity index (χ0) is 31.2. The molecule has 2 heterocycles. The molecule has 2 aromatic heterocycles. The molecule has 0 N–H and O–H groups in total. The van der Waals surface area contributed by atoms with Gasteiger partial charge < -0.3 is 18.8 Å². The summed E-state index contributed by atoms with van der Waals surface area (Å²) >= 11 is 3.05. The molecule has 0 radical (unpaired) electrons. The summed E-state index contributed by atoms with van der Waals surface area (Å²) in [6.45, 7) is 1.98. The van der Waals surface area contributed by atoms with Gasteiger partial charge in [-0.1, -0.05) is 19.6 Å². The number of alkyl halides is 5. The van der Waals surface area contributed by atoms with Gasteiger partial charge in [-0.15, -0.1) is 0 Å². The Morgan fingerprint density at radius 2 is 1.83 bits per heavy atom. The highest BCUT2D eigenvalue weighted by molar-refractivity contribution is 9.10. The van der Waals surface area contributed by atoms with E-state index in [0.717, 1.165) is 12.1 Å². The molecule has 0 fully saturated rings. The Bertz CT molecular complexity index is 1490. The van der Waals surface area contributed by atoms with Crippen LogP contribution in [0.3, 0.4) is 0 Å². The van der Waals surface area contributed by atoms with Crippen molar-refractivity contribution in [2.45, 2.75) is 70.7 Å². The zero-order valence-corrected chi connectivity index (χ0v) is 25.6. The van der Waals surface area contributed by atoms with E-state index < -0.39 is 68.6 Å². The molecule has 0 amide bonds. The Hall–Kier alpha value is -2.69. The van der Waals surface area contributed by atoms with Gasteiger partial charge in [-0.3, -0.25) is 9.59 Å². The number of benzene rings is 1. The molecule has 232 valence electrons. The van der Waals surface area contributed by atoms with E-state index in [2.05, 4.69) is 45.4 Å². The first-order valence-electron chi connectivity index (χ1n) is 12.9. The highest BCUT2D eigenvalue weighted by Crippen LogP contribution is 2.34. The highest BCUT2D eigenvalue weighted by Gasteiger charge is 2.40. The van der Waals surface area contributed by atoms with Crippen LogP contribution in [0.1, 0.15) is 18.4 Å². The quantitative estimate of drug-likeness (QED) is 0.113. The largest absolute Gasteiger partial charge is 0.485 e. The van der Waals surface area contributed by atoms with Crippen molar-refractivity contribution in [1.82, 2.24) is 14.3 Å². The van der Waals surface area contributed by atoms with Crippen LogP contribution in [0.2, 0.25) is 25.7 Å². The molecular formula is C26H30BrF6N3O5Si. The van der Waals surface area contributed by atoms with E-state index >= 15 is 0 Å². The zero-order valence-electron chi connectivity index (χ0n) is 23.0. The van der Waals surface area contributed by atoms with Crippen LogP contribution in [-0.2, 0) is 28.9 Å². The van der Waals surface area contributed by atoms with Gasteiger partial charge >= 0.3 is 12.8 Å². The maximum Gasteiger partial charge on any atom is 0.425 e. The molecule has 8 nitrogen and oxygen atoms in total. The van der Waals surface area contributed by atoms with E-state index in [1.54, 1.807) is 6.07 Å². The molecule has 42 heavy (non-hydrogen) atoms. The fourth-order valence-electron chi connectivity index (χ4n) is 3.92. The van der Waals surface area contributed by atoms with Crippen LogP contribution in [-0.4, -0.2) is 48.4 Å². The Kier molecular flexibility index (Phi) is 11.4. The van der Waals surface area contributed by atoms with Crippen LogP contribution in [0.15, 0.2) is 44.7 Å². The van der Waals surface area contributed by atoms with Gasteiger partial charge in [-0.05, 0) is 58.4 Å². The Morgan fingerprint density at radius 3 is 2.48 bits per heavy atom. The van der Waals surface area contributed by atoms with Crippen LogP contribution in [0, 0.1) is 5.82 Å². The van der Waals surface area contributed by atoms with Gasteiger partial charge in [-0.2, -0.15) is 27.1 Å². The molecule has 0 saturated heterocycles. The minimum absolute atomic E-state index is 0.0156. The Balaban J connectivity index is 1.78. The number of halogens is 7. The number of rotatable bonds is 14. The standard InChI is InChI=1S/C26H30BrF6N3O5Si/c1-42(2,3)10-9-39-15-36-24(38)22(26(31,32)33)21(13-34-36)41-17(14-40-25(29)30)5-4-7-35-8-6-16-11-19(27)20(28)12-18(16)23(35)37/h6,8,11-13,17,25H,4-5,7,9-10,14-15H2,1-3H3. The number of hydrogen-bond donors (Lipinski definition) is 0. The van der Waals surface area contributed by atoms with Gasteiger partial charge in [0.25, 0.3) is 11.1 Å². The lowest BCUT2D eigenvalue weighted by molar-refractivity contribution is -0.150. The summed E-state index contributed by atoms with van der Waals surface area (Å²) < 4.78 is 98.2. The summed E-state index contributed by atoms with van der Waals surface area (Å²) in [6.07, 6.45) is -4.41. The second-order valence-electron chi connectivity index (χ2n) is 10.7. The van der Waals surface area contributed by atoms with E-state index in [4.69, 9.17) is 9.47 Å². The highest BCUT2D eigenvalue weighted by atomic mass is 79.9. The van der Waals surface area contributed by atoms with E-state index in [0.29, 0.717) is 16.3 Å². The molecule has 3 rings (SSSR count). The number of aryl methyl sites for hydroxylation is 1. The second-order valence-corrected chi connectivity index (χ2v) is 17.2. The summed E-state index contributed by atoms with van der Waals surface area (Å²) in [5, 5.41) is 4.31. The van der Waals surface area contributed by atoms with Crippen molar-refractivity contribution in [2.24, 2.45) is 0 Å². The minimum atomic E-state index is -5.15. The molecule has 1 atom stereocenters. The average Bonchev–Trinajstić information content (AvgIpc) is 2.87. The third kappa shape index (κ3) is 9.41. The third-order valence-electron chi connectivity index (χ3n) is 6.15. The van der Waals surface area contributed by atoms with Gasteiger partial charge in [0.15, 0.2) is 11.3 Å². The van der Waals surface area contributed by atoms with Crippen molar-refractivity contribution >= 4 is 34.8 Å². The van der Waals surface area contributed by atoms with Crippen LogP contribution in [0.25, 0.3) is 10.8 Å². The Morgan fingerprint density at radius 1 is 1.12 bits per heavy atom. The van der Waals surface area contributed by atoms with Gasteiger partial charge in [-0.25, -0.2) is 9.07 Å². The molecule has 1 unspecified atom stereocenters. The first-order chi connectivity index (χ1) is 19.6. The first kappa shape index (κ1) is 33.8. The van der Waals surface area contributed by atoms with Gasteiger partial charge in [0.05, 0.1) is 22.7 Å². The monoisotopic (exact) mass is 685 g/mol. The topological polar surface area (TPSA) is 84.6 Å². The van der Waals surface area contributed by atoms with Crippen molar-refractivity contribution in [3.8, 4) is 5.75 Å². The predicted octanol–water partition coefficient (Wildman–Crippen LogP) is 6.26. The van der Waals surface area contributed by atoms with Gasteiger partial charge in [0.2, 0.25) is 0 Å². The molecular weight excluding hydrogens is 656 g/mol. The molecule has 0 aliphatic rings. The van der Waals surface area contributed by atoms with Crippen molar-refractivity contribution in [1.29, 1.82) is 0 Å². The number of pyridine rings is 1. The molecule has 0 spiro atoms. The summed E-state index contributed by atoms with van der Waals surface area (Å²) in [5.74, 6) is -1.58. The van der Waals surface area contributed by atoms with Crippen molar-refractivity contribution in [2.75, 3.05) is 13.2 Å². The lowest BCUT2D eigenvalue weighted by atomic mass is 10.1. The smallest absolute Gasteiger partial charge is 0.425 e. The predicted molar refractivity (Wildman–Crippen MR) is 149 cm³/mol. The molecule has 0 aliphatic heterocycles. The third-order valence-corrected chi connectivity index (χ3v) is 8.46. The molecule has 0 bridgehead atoms. The van der Waals surface area contributed by atoms with Gasteiger partial charge in [0.1, 0.15) is 18.7 Å². The lowest BCUT2D eigenvalue weighted by Crippen LogP contribution is -2.34. The Labute approximate surface area is 246 Å². The summed E-state index contributed by atoms with van der Waals surface area (Å²) in [6, 6.07) is 4.83. The first-order valence-corrected chi connectivity index (χ1v) is 17.4. The second kappa shape index (κ2) is 14.2. The van der Waals surface area contributed by atoms with Crippen molar-refractivity contribution in [3.05, 3.63) is 67.2 Å². The summed E-state index contributed by atoms with van der Waals surface area (Å²) in [5.41, 5.74) is -3.69. The number of nitrogens with zero attached hydrogens (tertiary/aromatic N) is 3. The summed E-state index contributed by atoms with van der Waals surface area (Å²) in [7, 11) is -1.48. The number of aromatic nitrogens is 3.